The van der Waals surface area contributed by atoms with Crippen LogP contribution in [-0.4, -0.2) is 72.4 Å². The summed E-state index contributed by atoms with van der Waals surface area (Å²) in [5, 5.41) is 7.52. The minimum atomic E-state index is -1.65. The minimum Gasteiger partial charge on any atom is -0.463 e. The van der Waals surface area contributed by atoms with Gasteiger partial charge in [0.15, 0.2) is 18.3 Å². The second-order valence-corrected chi connectivity index (χ2v) is 6.98. The number of amidine groups is 1. The first-order valence-corrected chi connectivity index (χ1v) is 8.80. The predicted octanol–water partition coefficient (Wildman–Crippen LogP) is 0.266. The van der Waals surface area contributed by atoms with E-state index in [9.17, 15) is 19.2 Å². The Morgan fingerprint density at radius 1 is 1.07 bits per heavy atom. The number of aliphatic imine (C=N–C) groups is 1. The number of nitrogens with zero attached hydrogens (tertiary/aromatic N) is 3. The van der Waals surface area contributed by atoms with Gasteiger partial charge in [-0.1, -0.05) is 0 Å². The summed E-state index contributed by atoms with van der Waals surface area (Å²) in [6.07, 6.45) is -4.44. The van der Waals surface area contributed by atoms with Crippen molar-refractivity contribution in [3.05, 3.63) is 0 Å². The Kier molecular flexibility index (Phi) is 6.82. The topological polar surface area (TPSA) is 152 Å². The predicted molar refractivity (Wildman–Crippen MR) is 92.4 cm³/mol. The molecule has 1 unspecified atom stereocenters. The fourth-order valence-corrected chi connectivity index (χ4v) is 3.24. The molecule has 13 heteroatoms. The number of hydrogen-bond acceptors (Lipinski definition) is 12. The lowest BCUT2D eigenvalue weighted by molar-refractivity contribution is -0.165. The van der Waals surface area contributed by atoms with Crippen molar-refractivity contribution < 1.29 is 42.9 Å². The molecule has 0 saturated carbocycles. The molecule has 0 bridgehead atoms. The smallest absolute Gasteiger partial charge is 0.377 e. The van der Waals surface area contributed by atoms with E-state index < -0.39 is 52.9 Å². The summed E-state index contributed by atoms with van der Waals surface area (Å²) >= 11 is 3.22. The van der Waals surface area contributed by atoms with E-state index in [-0.39, 0.29) is 12.4 Å². The highest BCUT2D eigenvalue weighted by atomic mass is 79.9. The van der Waals surface area contributed by atoms with Crippen LogP contribution in [0.5, 0.6) is 0 Å². The van der Waals surface area contributed by atoms with Crippen LogP contribution in [0.3, 0.4) is 0 Å². The van der Waals surface area contributed by atoms with Crippen LogP contribution in [0.4, 0.5) is 0 Å². The zero-order valence-electron chi connectivity index (χ0n) is 15.4. The van der Waals surface area contributed by atoms with Crippen molar-refractivity contribution in [3.63, 3.8) is 0 Å². The zero-order valence-corrected chi connectivity index (χ0v) is 17.0. The number of esters is 4. The summed E-state index contributed by atoms with van der Waals surface area (Å²) in [5.74, 6) is -3.11. The maximum Gasteiger partial charge on any atom is 0.377 e. The Morgan fingerprint density at radius 3 is 2.21 bits per heavy atom. The molecule has 0 aromatic carbocycles. The van der Waals surface area contributed by atoms with Gasteiger partial charge in [-0.3, -0.25) is 14.4 Å². The van der Waals surface area contributed by atoms with E-state index in [0.29, 0.717) is 0 Å². The highest BCUT2D eigenvalue weighted by molar-refractivity contribution is 9.10. The Morgan fingerprint density at radius 2 is 1.68 bits per heavy atom. The van der Waals surface area contributed by atoms with Gasteiger partial charge < -0.3 is 23.7 Å². The summed E-state index contributed by atoms with van der Waals surface area (Å²) in [7, 11) is 1.15. The normalized spacial score (nSPS) is 31.1. The van der Waals surface area contributed by atoms with Gasteiger partial charge in [-0.05, 0) is 15.9 Å². The van der Waals surface area contributed by atoms with Gasteiger partial charge in [-0.2, -0.15) is 0 Å². The lowest BCUT2D eigenvalue weighted by Crippen LogP contribution is -2.46. The molecule has 1 saturated heterocycles. The molecule has 2 heterocycles. The van der Waals surface area contributed by atoms with E-state index in [1.54, 1.807) is 0 Å². The van der Waals surface area contributed by atoms with Gasteiger partial charge in [0.2, 0.25) is 0 Å². The average molecular weight is 464 g/mol. The van der Waals surface area contributed by atoms with Crippen molar-refractivity contribution in [3.8, 4) is 0 Å². The summed E-state index contributed by atoms with van der Waals surface area (Å²) in [4.78, 5) is 50.0. The molecule has 0 N–H and O–H groups in total. The number of ether oxygens (including phenoxy) is 5. The second kappa shape index (κ2) is 8.73. The van der Waals surface area contributed by atoms with Gasteiger partial charge in [0.05, 0.1) is 7.11 Å². The van der Waals surface area contributed by atoms with Crippen LogP contribution in [0.2, 0.25) is 0 Å². The van der Waals surface area contributed by atoms with Crippen LogP contribution in [0.15, 0.2) is 15.2 Å². The second-order valence-electron chi connectivity index (χ2n) is 5.81. The lowest BCUT2D eigenvalue weighted by Gasteiger charge is -2.27. The van der Waals surface area contributed by atoms with E-state index in [2.05, 4.69) is 35.9 Å². The molecule has 2 aliphatic heterocycles. The molecule has 154 valence electrons. The molecule has 1 fully saturated rings. The zero-order chi connectivity index (χ0) is 21.1. The van der Waals surface area contributed by atoms with Gasteiger partial charge in [0, 0.05) is 20.8 Å². The van der Waals surface area contributed by atoms with Gasteiger partial charge >= 0.3 is 23.9 Å². The molecule has 2 aliphatic rings. The Labute approximate surface area is 167 Å². The van der Waals surface area contributed by atoms with Gasteiger partial charge in [0.25, 0.3) is 10.4 Å². The maximum absolute atomic E-state index is 11.6. The summed E-state index contributed by atoms with van der Waals surface area (Å²) in [5.41, 5.74) is 0. The highest BCUT2D eigenvalue weighted by Gasteiger charge is 2.59. The first-order chi connectivity index (χ1) is 13.1. The number of methoxy groups -OCH3 is 1. The van der Waals surface area contributed by atoms with Crippen molar-refractivity contribution in [1.82, 2.24) is 0 Å². The van der Waals surface area contributed by atoms with Crippen LogP contribution in [-0.2, 0) is 42.9 Å². The number of azo groups is 1. The average Bonchev–Trinajstić information content (AvgIpc) is 3.14. The first-order valence-electron chi connectivity index (χ1n) is 8.00. The standard InChI is InChI=1S/C15H18BrN3O9/c1-6(20)25-5-9-10(26-7(2)21)11(27-8(3)22)12(28-9)15(16)17-13(18-19-15)14(23)24-4/h9-12H,5H2,1-4H3/t9-,10-,11-,12-,15?/m1/s1. The summed E-state index contributed by atoms with van der Waals surface area (Å²) in [6, 6.07) is 0. The molecule has 12 nitrogen and oxygen atoms in total. The van der Waals surface area contributed by atoms with Crippen LogP contribution < -0.4 is 0 Å². The van der Waals surface area contributed by atoms with E-state index in [4.69, 9.17) is 18.9 Å². The molecule has 0 aromatic rings. The Hall–Kier alpha value is -2.41. The van der Waals surface area contributed by atoms with Crippen molar-refractivity contribution in [2.45, 2.75) is 49.8 Å². The monoisotopic (exact) mass is 463 g/mol. The molecular formula is C15H18BrN3O9. The van der Waals surface area contributed by atoms with E-state index in [1.165, 1.54) is 6.92 Å². The third-order valence-electron chi connectivity index (χ3n) is 3.64. The van der Waals surface area contributed by atoms with Crippen molar-refractivity contribution in [1.29, 1.82) is 0 Å². The summed E-state index contributed by atoms with van der Waals surface area (Å²) < 4.78 is 24.1. The van der Waals surface area contributed by atoms with Crippen molar-refractivity contribution in [2.75, 3.05) is 13.7 Å². The van der Waals surface area contributed by atoms with E-state index in [1.807, 2.05) is 0 Å². The van der Waals surface area contributed by atoms with E-state index in [0.717, 1.165) is 21.0 Å². The van der Waals surface area contributed by atoms with Crippen LogP contribution >= 0.6 is 15.9 Å². The summed E-state index contributed by atoms with van der Waals surface area (Å²) in [6.45, 7) is 3.23. The molecule has 5 atom stereocenters. The number of carbonyl (C=O) groups excluding carboxylic acids is 4. The van der Waals surface area contributed by atoms with Crippen molar-refractivity contribution in [2.24, 2.45) is 15.2 Å². The van der Waals surface area contributed by atoms with Crippen LogP contribution in [0, 0.1) is 0 Å². The largest absolute Gasteiger partial charge is 0.463 e. The Bertz CT molecular complexity index is 740. The third kappa shape index (κ3) is 4.90. The molecule has 0 aromatic heterocycles. The molecule has 28 heavy (non-hydrogen) atoms. The lowest BCUT2D eigenvalue weighted by atomic mass is 10.1. The van der Waals surface area contributed by atoms with E-state index >= 15 is 0 Å². The third-order valence-corrected chi connectivity index (χ3v) is 4.43. The molecule has 0 amide bonds. The number of halogens is 1. The Balaban J connectivity index is 2.37. The number of carbonyl (C=O) groups is 4. The van der Waals surface area contributed by atoms with Crippen LogP contribution in [0.25, 0.3) is 0 Å². The molecule has 0 radical (unpaired) electrons. The number of alkyl halides is 1. The minimum absolute atomic E-state index is 0.282. The molecule has 2 rings (SSSR count). The fourth-order valence-electron chi connectivity index (χ4n) is 2.62. The number of rotatable bonds is 6. The highest BCUT2D eigenvalue weighted by Crippen LogP contribution is 2.42. The van der Waals surface area contributed by atoms with Gasteiger partial charge in [0.1, 0.15) is 12.7 Å². The SMILES string of the molecule is COC(=O)C1=NC(Br)([C@@H]2O[C@H](COC(C)=O)[C@@H](OC(C)=O)[C@H]2OC(C)=O)N=N1. The molecular weight excluding hydrogens is 446 g/mol. The maximum atomic E-state index is 11.6. The van der Waals surface area contributed by atoms with Gasteiger partial charge in [-0.15, -0.1) is 10.2 Å². The van der Waals surface area contributed by atoms with Crippen LogP contribution in [0.1, 0.15) is 20.8 Å². The molecule has 0 spiro atoms. The first kappa shape index (κ1) is 21.9. The quantitative estimate of drug-likeness (QED) is 0.233. The van der Waals surface area contributed by atoms with Gasteiger partial charge in [-0.25, -0.2) is 9.79 Å². The van der Waals surface area contributed by atoms with Crippen molar-refractivity contribution >= 4 is 45.6 Å². The number of hydrogen-bond donors (Lipinski definition) is 0. The molecule has 0 aliphatic carbocycles. The fraction of sp³-hybridized carbons (Fsp3) is 0.667.